The first kappa shape index (κ1) is 20.4. The lowest BCUT2D eigenvalue weighted by atomic mass is 10.1. The minimum absolute atomic E-state index is 0.0241. The molecule has 0 aromatic heterocycles. The Kier molecular flexibility index (Phi) is 7.39. The highest BCUT2D eigenvalue weighted by atomic mass is 35.5. The summed E-state index contributed by atoms with van der Waals surface area (Å²) < 4.78 is 11.7. The van der Waals surface area contributed by atoms with Crippen molar-refractivity contribution < 1.29 is 14.3 Å². The van der Waals surface area contributed by atoms with Gasteiger partial charge in [0.15, 0.2) is 0 Å². The minimum Gasteiger partial charge on any atom is -0.489 e. The third kappa shape index (κ3) is 6.09. The molecule has 1 aliphatic rings. The fourth-order valence-electron chi connectivity index (χ4n) is 2.93. The molecule has 1 aliphatic heterocycles. The second-order valence-corrected chi connectivity index (χ2v) is 7.62. The van der Waals surface area contributed by atoms with E-state index in [2.05, 4.69) is 4.90 Å². The molecule has 2 aromatic carbocycles. The van der Waals surface area contributed by atoms with Gasteiger partial charge in [-0.2, -0.15) is 0 Å². The Bertz CT molecular complexity index is 783. The Morgan fingerprint density at radius 2 is 1.96 bits per heavy atom. The lowest BCUT2D eigenvalue weighted by Gasteiger charge is -2.32. The topological polar surface area (TPSA) is 38.8 Å². The van der Waals surface area contributed by atoms with Crippen molar-refractivity contribution in [3.63, 3.8) is 0 Å². The zero-order valence-electron chi connectivity index (χ0n) is 14.7. The zero-order chi connectivity index (χ0) is 19.2. The van der Waals surface area contributed by atoms with Gasteiger partial charge in [0.1, 0.15) is 12.4 Å². The summed E-state index contributed by atoms with van der Waals surface area (Å²) in [6.45, 7) is 3.21. The van der Waals surface area contributed by atoms with E-state index >= 15 is 0 Å². The summed E-state index contributed by atoms with van der Waals surface area (Å²) in [5, 5.41) is 0.885. The van der Waals surface area contributed by atoms with Crippen LogP contribution >= 0.6 is 34.8 Å². The highest BCUT2D eigenvalue weighted by Crippen LogP contribution is 2.26. The molecule has 1 heterocycles. The molecule has 1 saturated heterocycles. The smallest absolute Gasteiger partial charge is 0.222 e. The molecule has 0 N–H and O–H groups in total. The number of benzene rings is 2. The van der Waals surface area contributed by atoms with Crippen molar-refractivity contribution >= 4 is 40.0 Å². The number of halogens is 3. The van der Waals surface area contributed by atoms with Crippen LogP contribution in [0.5, 0.6) is 5.75 Å². The Balaban J connectivity index is 1.55. The van der Waals surface area contributed by atoms with Gasteiger partial charge in [-0.15, -0.1) is 0 Å². The van der Waals surface area contributed by atoms with E-state index in [1.54, 1.807) is 12.1 Å². The molecule has 0 saturated carbocycles. The fourth-order valence-corrected chi connectivity index (χ4v) is 3.48. The molecule has 0 amide bonds. The van der Waals surface area contributed by atoms with Gasteiger partial charge in [-0.1, -0.05) is 41.4 Å². The van der Waals surface area contributed by atoms with Crippen LogP contribution in [-0.4, -0.2) is 36.4 Å². The number of morpholine rings is 1. The number of nitrogens with zero attached hydrogens (tertiary/aromatic N) is 1. The lowest BCUT2D eigenvalue weighted by molar-refractivity contribution is -0.112. The summed E-state index contributed by atoms with van der Waals surface area (Å²) >= 11 is 17.5. The van der Waals surface area contributed by atoms with Crippen LogP contribution in [0.3, 0.4) is 0 Å². The maximum Gasteiger partial charge on any atom is 0.222 e. The molecule has 4 nitrogen and oxygen atoms in total. The molecule has 0 aliphatic carbocycles. The Morgan fingerprint density at radius 1 is 1.19 bits per heavy atom. The number of hydrogen-bond acceptors (Lipinski definition) is 4. The number of carbonyl (C=O) groups excluding carboxylic acids is 1. The van der Waals surface area contributed by atoms with E-state index in [0.29, 0.717) is 36.2 Å². The van der Waals surface area contributed by atoms with Crippen molar-refractivity contribution in [2.75, 3.05) is 26.2 Å². The van der Waals surface area contributed by atoms with Crippen LogP contribution in [0.4, 0.5) is 0 Å². The third-order valence-electron chi connectivity index (χ3n) is 4.44. The zero-order valence-corrected chi connectivity index (χ0v) is 16.9. The van der Waals surface area contributed by atoms with E-state index in [1.165, 1.54) is 0 Å². The van der Waals surface area contributed by atoms with Crippen molar-refractivity contribution in [2.45, 2.75) is 19.1 Å². The summed E-state index contributed by atoms with van der Waals surface area (Å²) in [5.41, 5.74) is 1.96. The molecule has 1 unspecified atom stereocenters. The Morgan fingerprint density at radius 3 is 2.67 bits per heavy atom. The molecule has 1 atom stereocenters. The number of rotatable bonds is 7. The molecule has 1 fully saturated rings. The highest BCUT2D eigenvalue weighted by Gasteiger charge is 2.22. The van der Waals surface area contributed by atoms with Gasteiger partial charge in [0.25, 0.3) is 0 Å². The van der Waals surface area contributed by atoms with Gasteiger partial charge in [0.2, 0.25) is 5.24 Å². The predicted molar refractivity (Wildman–Crippen MR) is 108 cm³/mol. The summed E-state index contributed by atoms with van der Waals surface area (Å²) in [5.74, 6) is 0.755. The predicted octanol–water partition coefficient (Wildman–Crippen LogP) is 5.10. The van der Waals surface area contributed by atoms with Gasteiger partial charge in [-0.05, 0) is 41.4 Å². The molecular weight excluding hydrogens is 409 g/mol. The van der Waals surface area contributed by atoms with Crippen LogP contribution in [0.25, 0.3) is 0 Å². The van der Waals surface area contributed by atoms with Gasteiger partial charge in [-0.25, -0.2) is 0 Å². The van der Waals surface area contributed by atoms with E-state index in [1.807, 2.05) is 30.3 Å². The van der Waals surface area contributed by atoms with Crippen LogP contribution < -0.4 is 4.74 Å². The van der Waals surface area contributed by atoms with Gasteiger partial charge in [0, 0.05) is 41.7 Å². The maximum atomic E-state index is 11.0. The minimum atomic E-state index is -0.305. The first-order valence-corrected chi connectivity index (χ1v) is 9.83. The molecule has 144 valence electrons. The van der Waals surface area contributed by atoms with E-state index < -0.39 is 0 Å². The van der Waals surface area contributed by atoms with Crippen molar-refractivity contribution in [1.82, 2.24) is 4.90 Å². The van der Waals surface area contributed by atoms with Crippen LogP contribution in [0.1, 0.15) is 23.7 Å². The van der Waals surface area contributed by atoms with Crippen LogP contribution in [0.15, 0.2) is 42.5 Å². The van der Waals surface area contributed by atoms with E-state index in [9.17, 15) is 4.79 Å². The van der Waals surface area contributed by atoms with E-state index in [0.717, 1.165) is 30.0 Å². The largest absolute Gasteiger partial charge is 0.489 e. The van der Waals surface area contributed by atoms with Crippen LogP contribution in [0.2, 0.25) is 10.0 Å². The summed E-state index contributed by atoms with van der Waals surface area (Å²) in [6, 6.07) is 13.2. The molecule has 0 bridgehead atoms. The highest BCUT2D eigenvalue weighted by molar-refractivity contribution is 6.63. The summed E-state index contributed by atoms with van der Waals surface area (Å²) in [6.07, 6.45) is 0.331. The maximum absolute atomic E-state index is 11.0. The Labute approximate surface area is 173 Å². The number of carbonyl (C=O) groups is 1. The van der Waals surface area contributed by atoms with Crippen LogP contribution in [-0.2, 0) is 16.1 Å². The SMILES string of the molecule is O=C(Cl)CCN1CCOC(c2ccc(OCc3ccc(Cl)cc3Cl)cc2)C1. The molecule has 0 spiro atoms. The molecule has 7 heteroatoms. The Hall–Kier alpha value is -1.30. The fraction of sp³-hybridized carbons (Fsp3) is 0.350. The molecule has 2 aromatic rings. The average Bonchev–Trinajstić information content (AvgIpc) is 2.66. The third-order valence-corrected chi connectivity index (χ3v) is 5.21. The number of hydrogen-bond donors (Lipinski definition) is 0. The van der Waals surface area contributed by atoms with Gasteiger partial charge in [-0.3, -0.25) is 9.69 Å². The van der Waals surface area contributed by atoms with Gasteiger partial charge < -0.3 is 9.47 Å². The van der Waals surface area contributed by atoms with Crippen LogP contribution in [0, 0.1) is 0 Å². The monoisotopic (exact) mass is 427 g/mol. The second-order valence-electron chi connectivity index (χ2n) is 6.36. The molecule has 0 radical (unpaired) electrons. The van der Waals surface area contributed by atoms with Crippen molar-refractivity contribution in [3.8, 4) is 5.75 Å². The summed E-state index contributed by atoms with van der Waals surface area (Å²) in [4.78, 5) is 13.2. The quantitative estimate of drug-likeness (QED) is 0.575. The van der Waals surface area contributed by atoms with E-state index in [-0.39, 0.29) is 11.3 Å². The lowest BCUT2D eigenvalue weighted by Crippen LogP contribution is -2.39. The molecule has 3 rings (SSSR count). The van der Waals surface area contributed by atoms with Gasteiger partial charge in [0.05, 0.1) is 12.7 Å². The van der Waals surface area contributed by atoms with Crippen molar-refractivity contribution in [1.29, 1.82) is 0 Å². The van der Waals surface area contributed by atoms with E-state index in [4.69, 9.17) is 44.3 Å². The molecular formula is C20H20Cl3NO3. The van der Waals surface area contributed by atoms with Crippen molar-refractivity contribution in [2.24, 2.45) is 0 Å². The first-order valence-electron chi connectivity index (χ1n) is 8.70. The normalized spacial score (nSPS) is 17.7. The number of ether oxygens (including phenoxy) is 2. The molecule has 27 heavy (non-hydrogen) atoms. The second kappa shape index (κ2) is 9.76. The standard InChI is InChI=1S/C20H20Cl3NO3/c21-16-4-1-15(18(22)11-16)13-27-17-5-2-14(3-6-17)19-12-24(9-10-26-19)8-7-20(23)25/h1-6,11,19H,7-10,12-13H2. The van der Waals surface area contributed by atoms with Crippen molar-refractivity contribution in [3.05, 3.63) is 63.6 Å². The average molecular weight is 429 g/mol. The summed E-state index contributed by atoms with van der Waals surface area (Å²) in [7, 11) is 0. The van der Waals surface area contributed by atoms with Gasteiger partial charge >= 0.3 is 0 Å². The first-order chi connectivity index (χ1) is 13.0.